The van der Waals surface area contributed by atoms with Gasteiger partial charge in [0.1, 0.15) is 5.69 Å². The fourth-order valence-electron chi connectivity index (χ4n) is 2.96. The second-order valence-electron chi connectivity index (χ2n) is 6.48. The Hall–Kier alpha value is -1.65. The quantitative estimate of drug-likeness (QED) is 0.252. The molecule has 0 bridgehead atoms. The van der Waals surface area contributed by atoms with Crippen molar-refractivity contribution in [3.63, 3.8) is 0 Å². The summed E-state index contributed by atoms with van der Waals surface area (Å²) < 4.78 is 10.8. The number of halogens is 1. The van der Waals surface area contributed by atoms with Gasteiger partial charge in [-0.3, -0.25) is 4.90 Å². The molecule has 0 spiro atoms. The van der Waals surface area contributed by atoms with Gasteiger partial charge in [-0.2, -0.15) is 0 Å². The zero-order valence-corrected chi connectivity index (χ0v) is 18.7. The number of aliphatic imine (C=N–C) groups is 1. The Morgan fingerprint density at radius 2 is 1.96 bits per heavy atom. The van der Waals surface area contributed by atoms with Gasteiger partial charge in [-0.05, 0) is 19.9 Å². The van der Waals surface area contributed by atoms with Crippen LogP contribution in [0, 0.1) is 0 Å². The van der Waals surface area contributed by atoms with Gasteiger partial charge < -0.3 is 19.9 Å². The van der Waals surface area contributed by atoms with Gasteiger partial charge in [0, 0.05) is 37.8 Å². The standard InChI is InChI=1S/C20H29N5O2.HI/c1-2-21-20(22-9-6-10-25-11-13-26-14-12-25)23-16-18-15-19(27-24-18)17-7-4-3-5-8-17;/h3-5,7-8,15H,2,6,9-14,16H2,1H3,(H2,21,22,23);1H. The van der Waals surface area contributed by atoms with Gasteiger partial charge in [0.2, 0.25) is 0 Å². The Bertz CT molecular complexity index is 702. The van der Waals surface area contributed by atoms with E-state index in [-0.39, 0.29) is 24.0 Å². The Labute approximate surface area is 183 Å². The van der Waals surface area contributed by atoms with Gasteiger partial charge in [0.05, 0.1) is 19.8 Å². The van der Waals surface area contributed by atoms with E-state index in [2.05, 4.69) is 32.6 Å². The molecule has 154 valence electrons. The molecule has 8 heteroatoms. The summed E-state index contributed by atoms with van der Waals surface area (Å²) in [7, 11) is 0. The molecular formula is C20H30IN5O2. The molecule has 1 aliphatic rings. The summed E-state index contributed by atoms with van der Waals surface area (Å²) in [4.78, 5) is 7.05. The van der Waals surface area contributed by atoms with Crippen LogP contribution in [0.25, 0.3) is 11.3 Å². The Morgan fingerprint density at radius 1 is 1.18 bits per heavy atom. The van der Waals surface area contributed by atoms with E-state index in [0.29, 0.717) is 6.54 Å². The summed E-state index contributed by atoms with van der Waals surface area (Å²) in [5.74, 6) is 1.58. The van der Waals surface area contributed by atoms with Gasteiger partial charge in [0.25, 0.3) is 0 Å². The monoisotopic (exact) mass is 499 g/mol. The molecule has 3 rings (SSSR count). The summed E-state index contributed by atoms with van der Waals surface area (Å²) in [5.41, 5.74) is 1.84. The van der Waals surface area contributed by atoms with E-state index in [4.69, 9.17) is 9.26 Å². The van der Waals surface area contributed by atoms with Crippen LogP contribution in [0.1, 0.15) is 19.0 Å². The molecule has 0 amide bonds. The maximum atomic E-state index is 5.43. The van der Waals surface area contributed by atoms with Crippen molar-refractivity contribution >= 4 is 29.9 Å². The topological polar surface area (TPSA) is 74.9 Å². The van der Waals surface area contributed by atoms with Crippen LogP contribution in [0.5, 0.6) is 0 Å². The first-order valence-corrected chi connectivity index (χ1v) is 9.68. The van der Waals surface area contributed by atoms with Crippen molar-refractivity contribution in [3.05, 3.63) is 42.1 Å². The molecule has 1 aromatic heterocycles. The Morgan fingerprint density at radius 3 is 2.71 bits per heavy atom. The lowest BCUT2D eigenvalue weighted by Crippen LogP contribution is -2.40. The predicted octanol–water partition coefficient (Wildman–Crippen LogP) is 2.74. The maximum absolute atomic E-state index is 5.43. The van der Waals surface area contributed by atoms with Crippen molar-refractivity contribution in [3.8, 4) is 11.3 Å². The minimum atomic E-state index is 0. The number of nitrogens with zero attached hydrogens (tertiary/aromatic N) is 3. The Kier molecular flexibility index (Phi) is 10.3. The first kappa shape index (κ1) is 22.6. The molecule has 2 N–H and O–H groups in total. The molecule has 0 saturated carbocycles. The number of morpholine rings is 1. The van der Waals surface area contributed by atoms with Crippen LogP contribution in [0.4, 0.5) is 0 Å². The fraction of sp³-hybridized carbons (Fsp3) is 0.500. The number of hydrogen-bond donors (Lipinski definition) is 2. The molecule has 1 aliphatic heterocycles. The van der Waals surface area contributed by atoms with E-state index in [1.54, 1.807) is 0 Å². The fourth-order valence-corrected chi connectivity index (χ4v) is 2.96. The second kappa shape index (κ2) is 12.7. The highest BCUT2D eigenvalue weighted by molar-refractivity contribution is 14.0. The zero-order chi connectivity index (χ0) is 18.7. The normalized spacial score (nSPS) is 15.1. The summed E-state index contributed by atoms with van der Waals surface area (Å²) in [6, 6.07) is 11.9. The van der Waals surface area contributed by atoms with Gasteiger partial charge in [-0.25, -0.2) is 4.99 Å². The van der Waals surface area contributed by atoms with Crippen molar-refractivity contribution in [2.45, 2.75) is 19.9 Å². The third-order valence-corrected chi connectivity index (χ3v) is 4.41. The van der Waals surface area contributed by atoms with Crippen LogP contribution in [-0.2, 0) is 11.3 Å². The van der Waals surface area contributed by atoms with Gasteiger partial charge in [-0.1, -0.05) is 35.5 Å². The van der Waals surface area contributed by atoms with Gasteiger partial charge >= 0.3 is 0 Å². The number of benzene rings is 1. The molecule has 28 heavy (non-hydrogen) atoms. The number of hydrogen-bond acceptors (Lipinski definition) is 5. The van der Waals surface area contributed by atoms with Crippen LogP contribution in [0.15, 0.2) is 45.9 Å². The summed E-state index contributed by atoms with van der Waals surface area (Å²) in [6.45, 7) is 9.10. The van der Waals surface area contributed by atoms with Crippen molar-refractivity contribution in [2.24, 2.45) is 4.99 Å². The summed E-state index contributed by atoms with van der Waals surface area (Å²) >= 11 is 0. The maximum Gasteiger partial charge on any atom is 0.191 e. The van der Waals surface area contributed by atoms with Crippen LogP contribution in [-0.4, -0.2) is 62.0 Å². The third kappa shape index (κ3) is 7.40. The van der Waals surface area contributed by atoms with E-state index in [9.17, 15) is 0 Å². The van der Waals surface area contributed by atoms with Crippen molar-refractivity contribution < 1.29 is 9.26 Å². The number of rotatable bonds is 8. The van der Waals surface area contributed by atoms with E-state index >= 15 is 0 Å². The molecule has 0 aliphatic carbocycles. The molecule has 1 fully saturated rings. The minimum Gasteiger partial charge on any atom is -0.379 e. The summed E-state index contributed by atoms with van der Waals surface area (Å²) in [6.07, 6.45) is 1.08. The molecule has 1 aromatic carbocycles. The SMILES string of the molecule is CCNC(=NCc1cc(-c2ccccc2)on1)NCCCN1CCOCC1.I. The average molecular weight is 499 g/mol. The lowest BCUT2D eigenvalue weighted by molar-refractivity contribution is 0.0376. The van der Waals surface area contributed by atoms with Crippen molar-refractivity contribution in [1.29, 1.82) is 0 Å². The molecule has 7 nitrogen and oxygen atoms in total. The molecular weight excluding hydrogens is 469 g/mol. The molecule has 1 saturated heterocycles. The van der Waals surface area contributed by atoms with Crippen LogP contribution < -0.4 is 10.6 Å². The highest BCUT2D eigenvalue weighted by Gasteiger charge is 2.09. The number of guanidine groups is 1. The minimum absolute atomic E-state index is 0. The highest BCUT2D eigenvalue weighted by Crippen LogP contribution is 2.19. The van der Waals surface area contributed by atoms with Gasteiger partial charge in [0.15, 0.2) is 11.7 Å². The molecule has 2 heterocycles. The molecule has 0 unspecified atom stereocenters. The third-order valence-electron chi connectivity index (χ3n) is 4.41. The largest absolute Gasteiger partial charge is 0.379 e. The van der Waals surface area contributed by atoms with Crippen LogP contribution >= 0.6 is 24.0 Å². The number of ether oxygens (including phenoxy) is 1. The zero-order valence-electron chi connectivity index (χ0n) is 16.4. The van der Waals surface area contributed by atoms with Crippen LogP contribution in [0.2, 0.25) is 0 Å². The van der Waals surface area contributed by atoms with E-state index in [1.165, 1.54) is 0 Å². The van der Waals surface area contributed by atoms with E-state index < -0.39 is 0 Å². The first-order chi connectivity index (χ1) is 13.3. The Balaban J connectivity index is 0.00000280. The van der Waals surface area contributed by atoms with E-state index in [1.807, 2.05) is 36.4 Å². The van der Waals surface area contributed by atoms with Crippen molar-refractivity contribution in [1.82, 2.24) is 20.7 Å². The molecule has 0 radical (unpaired) electrons. The number of nitrogens with one attached hydrogen (secondary N) is 2. The number of aromatic nitrogens is 1. The molecule has 0 atom stereocenters. The second-order valence-corrected chi connectivity index (χ2v) is 6.48. The predicted molar refractivity (Wildman–Crippen MR) is 122 cm³/mol. The first-order valence-electron chi connectivity index (χ1n) is 9.68. The average Bonchev–Trinajstić information content (AvgIpc) is 3.20. The highest BCUT2D eigenvalue weighted by atomic mass is 127. The molecule has 2 aromatic rings. The van der Waals surface area contributed by atoms with Gasteiger partial charge in [-0.15, -0.1) is 24.0 Å². The smallest absolute Gasteiger partial charge is 0.191 e. The lowest BCUT2D eigenvalue weighted by Gasteiger charge is -2.26. The van der Waals surface area contributed by atoms with Crippen molar-refractivity contribution in [2.75, 3.05) is 45.9 Å². The van der Waals surface area contributed by atoms with Crippen LogP contribution in [0.3, 0.4) is 0 Å². The lowest BCUT2D eigenvalue weighted by atomic mass is 10.2. The summed E-state index contributed by atoms with van der Waals surface area (Å²) in [5, 5.41) is 10.8. The van der Waals surface area contributed by atoms with E-state index in [0.717, 1.165) is 75.3 Å².